The number of nitrogens with one attached hydrogen (secondary N) is 1. The SMILES string of the molecule is Cc1ccc(/C=C/C(=O)O[C@@H](C)C(=O)Nc2cc(Cl)c(Cl)cc2Cl)o1. The van der Waals surface area contributed by atoms with E-state index in [4.69, 9.17) is 44.0 Å². The summed E-state index contributed by atoms with van der Waals surface area (Å²) in [6.07, 6.45) is 1.59. The quantitative estimate of drug-likeness (QED) is 0.427. The van der Waals surface area contributed by atoms with E-state index in [-0.39, 0.29) is 20.8 Å². The van der Waals surface area contributed by atoms with Crippen molar-refractivity contribution >= 4 is 58.4 Å². The molecule has 0 fully saturated rings. The van der Waals surface area contributed by atoms with Crippen LogP contribution in [0.25, 0.3) is 6.08 Å². The molecule has 1 aromatic carbocycles. The van der Waals surface area contributed by atoms with Crippen molar-refractivity contribution in [3.8, 4) is 0 Å². The first kappa shape index (κ1) is 19.4. The van der Waals surface area contributed by atoms with Crippen LogP contribution < -0.4 is 5.32 Å². The number of hydrogen-bond acceptors (Lipinski definition) is 4. The third-order valence-corrected chi connectivity index (χ3v) is 4.11. The Morgan fingerprint density at radius 3 is 2.48 bits per heavy atom. The molecule has 0 saturated carbocycles. The van der Waals surface area contributed by atoms with Crippen LogP contribution in [0.5, 0.6) is 0 Å². The Hall–Kier alpha value is -1.95. The van der Waals surface area contributed by atoms with Crippen molar-refractivity contribution in [2.45, 2.75) is 20.0 Å². The van der Waals surface area contributed by atoms with Crippen LogP contribution in [0.3, 0.4) is 0 Å². The summed E-state index contributed by atoms with van der Waals surface area (Å²) >= 11 is 17.7. The Kier molecular flexibility index (Phi) is 6.53. The maximum atomic E-state index is 12.1. The molecule has 0 aliphatic rings. The van der Waals surface area contributed by atoms with Gasteiger partial charge in [0.25, 0.3) is 5.91 Å². The van der Waals surface area contributed by atoms with E-state index in [9.17, 15) is 9.59 Å². The average Bonchev–Trinajstić information content (AvgIpc) is 2.96. The summed E-state index contributed by atoms with van der Waals surface area (Å²) in [5, 5.41) is 3.25. The molecule has 1 amide bonds. The van der Waals surface area contributed by atoms with Crippen LogP contribution in [0, 0.1) is 6.92 Å². The van der Waals surface area contributed by atoms with Gasteiger partial charge in [0.2, 0.25) is 0 Å². The highest BCUT2D eigenvalue weighted by Gasteiger charge is 2.18. The number of aryl methyl sites for hydroxylation is 1. The molecular formula is C17H14Cl3NO4. The van der Waals surface area contributed by atoms with Gasteiger partial charge in [0.05, 0.1) is 20.8 Å². The monoisotopic (exact) mass is 401 g/mol. The number of rotatable bonds is 5. The van der Waals surface area contributed by atoms with Crippen LogP contribution in [-0.2, 0) is 14.3 Å². The topological polar surface area (TPSA) is 68.5 Å². The van der Waals surface area contributed by atoms with Gasteiger partial charge in [-0.25, -0.2) is 4.79 Å². The largest absolute Gasteiger partial charge is 0.462 e. The molecular weight excluding hydrogens is 389 g/mol. The van der Waals surface area contributed by atoms with E-state index in [0.29, 0.717) is 5.76 Å². The molecule has 2 aromatic rings. The number of ether oxygens (including phenoxy) is 1. The maximum absolute atomic E-state index is 12.1. The minimum atomic E-state index is -1.04. The summed E-state index contributed by atoms with van der Waals surface area (Å²) in [5.41, 5.74) is 0.269. The Morgan fingerprint density at radius 1 is 1.16 bits per heavy atom. The highest BCUT2D eigenvalue weighted by molar-refractivity contribution is 6.44. The molecule has 2 rings (SSSR count). The fraction of sp³-hybridized carbons (Fsp3) is 0.176. The molecule has 0 radical (unpaired) electrons. The first-order valence-corrected chi connectivity index (χ1v) is 8.30. The molecule has 1 aromatic heterocycles. The first-order chi connectivity index (χ1) is 11.8. The number of carbonyl (C=O) groups is 2. The Morgan fingerprint density at radius 2 is 1.84 bits per heavy atom. The summed E-state index contributed by atoms with van der Waals surface area (Å²) < 4.78 is 10.3. The zero-order valence-corrected chi connectivity index (χ0v) is 15.6. The fourth-order valence-corrected chi connectivity index (χ4v) is 2.41. The number of carbonyl (C=O) groups excluding carboxylic acids is 2. The van der Waals surface area contributed by atoms with Crippen LogP contribution in [0.1, 0.15) is 18.4 Å². The molecule has 25 heavy (non-hydrogen) atoms. The fourth-order valence-electron chi connectivity index (χ4n) is 1.81. The van der Waals surface area contributed by atoms with Crippen LogP contribution >= 0.6 is 34.8 Å². The maximum Gasteiger partial charge on any atom is 0.331 e. The molecule has 1 N–H and O–H groups in total. The number of furan rings is 1. The van der Waals surface area contributed by atoms with Gasteiger partial charge in [0, 0.05) is 6.08 Å². The van der Waals surface area contributed by atoms with Crippen molar-refractivity contribution in [3.05, 3.63) is 56.9 Å². The lowest BCUT2D eigenvalue weighted by Crippen LogP contribution is -2.29. The number of benzene rings is 1. The van der Waals surface area contributed by atoms with Gasteiger partial charge in [-0.1, -0.05) is 34.8 Å². The molecule has 0 aliphatic heterocycles. The van der Waals surface area contributed by atoms with Crippen molar-refractivity contribution in [1.29, 1.82) is 0 Å². The van der Waals surface area contributed by atoms with Crippen LogP contribution in [0.2, 0.25) is 15.1 Å². The third-order valence-electron chi connectivity index (χ3n) is 3.07. The molecule has 132 valence electrons. The van der Waals surface area contributed by atoms with Crippen molar-refractivity contribution in [3.63, 3.8) is 0 Å². The summed E-state index contributed by atoms with van der Waals surface area (Å²) in [5.74, 6) is -0.0127. The van der Waals surface area contributed by atoms with Crippen molar-refractivity contribution in [2.75, 3.05) is 5.32 Å². The number of halogens is 3. The number of esters is 1. The second-order valence-corrected chi connectivity index (χ2v) is 6.32. The van der Waals surface area contributed by atoms with E-state index in [2.05, 4.69) is 5.32 Å². The molecule has 0 unspecified atom stereocenters. The predicted octanol–water partition coefficient (Wildman–Crippen LogP) is 5.13. The lowest BCUT2D eigenvalue weighted by molar-refractivity contribution is -0.148. The average molecular weight is 403 g/mol. The van der Waals surface area contributed by atoms with Gasteiger partial charge in [0.15, 0.2) is 6.10 Å². The van der Waals surface area contributed by atoms with Gasteiger partial charge in [-0.15, -0.1) is 0 Å². The van der Waals surface area contributed by atoms with Gasteiger partial charge in [0.1, 0.15) is 11.5 Å². The second-order valence-electron chi connectivity index (χ2n) is 5.10. The first-order valence-electron chi connectivity index (χ1n) is 7.17. The lowest BCUT2D eigenvalue weighted by Gasteiger charge is -2.13. The number of amides is 1. The summed E-state index contributed by atoms with van der Waals surface area (Å²) in [4.78, 5) is 23.9. The van der Waals surface area contributed by atoms with Gasteiger partial charge in [-0.3, -0.25) is 4.79 Å². The normalized spacial score (nSPS) is 12.2. The molecule has 0 saturated heterocycles. The van der Waals surface area contributed by atoms with Crippen molar-refractivity contribution < 1.29 is 18.7 Å². The minimum absolute atomic E-state index is 0.217. The lowest BCUT2D eigenvalue weighted by atomic mass is 10.3. The van der Waals surface area contributed by atoms with Crippen LogP contribution in [-0.4, -0.2) is 18.0 Å². The molecule has 0 aliphatic carbocycles. The zero-order chi connectivity index (χ0) is 18.6. The molecule has 8 heteroatoms. The molecule has 1 heterocycles. The van der Waals surface area contributed by atoms with E-state index in [1.165, 1.54) is 31.2 Å². The summed E-state index contributed by atoms with van der Waals surface area (Å²) in [6, 6.07) is 6.30. The molecule has 5 nitrogen and oxygen atoms in total. The van der Waals surface area contributed by atoms with Gasteiger partial charge >= 0.3 is 5.97 Å². The van der Waals surface area contributed by atoms with E-state index >= 15 is 0 Å². The van der Waals surface area contributed by atoms with E-state index in [0.717, 1.165) is 5.76 Å². The minimum Gasteiger partial charge on any atom is -0.462 e. The van der Waals surface area contributed by atoms with Gasteiger partial charge in [-0.05, 0) is 44.2 Å². The molecule has 0 spiro atoms. The highest BCUT2D eigenvalue weighted by Crippen LogP contribution is 2.32. The number of anilines is 1. The number of hydrogen-bond donors (Lipinski definition) is 1. The smallest absolute Gasteiger partial charge is 0.331 e. The van der Waals surface area contributed by atoms with Crippen molar-refractivity contribution in [2.24, 2.45) is 0 Å². The van der Waals surface area contributed by atoms with Gasteiger partial charge < -0.3 is 14.5 Å². The second kappa shape index (κ2) is 8.43. The Labute approximate surface area is 159 Å². The van der Waals surface area contributed by atoms with Crippen LogP contribution in [0.15, 0.2) is 34.8 Å². The standard InChI is InChI=1S/C17H14Cl3NO4/c1-9-3-4-11(24-9)5-6-16(22)25-10(2)17(23)21-15-8-13(19)12(18)7-14(15)20/h3-8,10H,1-2H3,(H,21,23)/b6-5+/t10-/m0/s1. The van der Waals surface area contributed by atoms with E-state index in [1.807, 2.05) is 0 Å². The Balaban J connectivity index is 1.94. The zero-order valence-electron chi connectivity index (χ0n) is 13.3. The predicted molar refractivity (Wildman–Crippen MR) is 98.1 cm³/mol. The van der Waals surface area contributed by atoms with E-state index < -0.39 is 18.0 Å². The summed E-state index contributed by atoms with van der Waals surface area (Å²) in [6.45, 7) is 3.22. The molecule has 0 bridgehead atoms. The summed E-state index contributed by atoms with van der Waals surface area (Å²) in [7, 11) is 0. The van der Waals surface area contributed by atoms with Crippen LogP contribution in [0.4, 0.5) is 5.69 Å². The van der Waals surface area contributed by atoms with Crippen molar-refractivity contribution in [1.82, 2.24) is 0 Å². The third kappa shape index (κ3) is 5.53. The molecule has 1 atom stereocenters. The van der Waals surface area contributed by atoms with Gasteiger partial charge in [-0.2, -0.15) is 0 Å². The van der Waals surface area contributed by atoms with E-state index in [1.54, 1.807) is 19.1 Å². The highest BCUT2D eigenvalue weighted by atomic mass is 35.5. The Bertz CT molecular complexity index is 829.